The Labute approximate surface area is 126 Å². The number of methoxy groups -OCH3 is 2. The summed E-state index contributed by atoms with van der Waals surface area (Å²) in [6.45, 7) is 4.16. The van der Waals surface area contributed by atoms with Gasteiger partial charge in [-0.3, -0.25) is 0 Å². The van der Waals surface area contributed by atoms with Crippen LogP contribution in [0.3, 0.4) is 0 Å². The quantitative estimate of drug-likeness (QED) is 0.783. The van der Waals surface area contributed by atoms with Crippen LogP contribution in [0.4, 0.5) is 0 Å². The minimum absolute atomic E-state index is 0. The summed E-state index contributed by atoms with van der Waals surface area (Å²) in [6, 6.07) is 4.20. The van der Waals surface area contributed by atoms with E-state index in [0.717, 1.165) is 40.6 Å². The fraction of sp³-hybridized carbons (Fsp3) is 0.571. The fourth-order valence-electron chi connectivity index (χ4n) is 1.76. The normalized spacial score (nSPS) is 11.6. The molecule has 0 spiro atoms. The predicted molar refractivity (Wildman–Crippen MR) is 85.2 cm³/mol. The van der Waals surface area contributed by atoms with E-state index in [0.29, 0.717) is 0 Å². The van der Waals surface area contributed by atoms with Crippen LogP contribution in [0.15, 0.2) is 17.0 Å². The van der Waals surface area contributed by atoms with Crippen molar-refractivity contribution in [2.24, 2.45) is 5.73 Å². The van der Waals surface area contributed by atoms with E-state index >= 15 is 0 Å². The van der Waals surface area contributed by atoms with Crippen LogP contribution < -0.4 is 15.2 Å². The molecule has 0 heterocycles. The van der Waals surface area contributed by atoms with Crippen LogP contribution >= 0.6 is 24.2 Å². The Morgan fingerprint density at radius 2 is 1.84 bits per heavy atom. The van der Waals surface area contributed by atoms with Gasteiger partial charge >= 0.3 is 0 Å². The summed E-state index contributed by atoms with van der Waals surface area (Å²) >= 11 is 1.79. The Morgan fingerprint density at radius 3 is 2.32 bits per heavy atom. The smallest absolute Gasteiger partial charge is 0.132 e. The summed E-state index contributed by atoms with van der Waals surface area (Å²) in [5.74, 6) is 2.88. The molecule has 3 nitrogen and oxygen atoms in total. The molecule has 110 valence electrons. The summed E-state index contributed by atoms with van der Waals surface area (Å²) < 4.78 is 10.9. The first-order valence-corrected chi connectivity index (χ1v) is 7.24. The topological polar surface area (TPSA) is 44.5 Å². The van der Waals surface area contributed by atoms with Gasteiger partial charge < -0.3 is 15.2 Å². The molecule has 0 aliphatic heterocycles. The van der Waals surface area contributed by atoms with Crippen molar-refractivity contribution in [2.45, 2.75) is 37.6 Å². The molecule has 0 aromatic heterocycles. The lowest BCUT2D eigenvalue weighted by atomic mass is 10.1. The maximum Gasteiger partial charge on any atom is 0.132 e. The van der Waals surface area contributed by atoms with E-state index in [2.05, 4.69) is 13.0 Å². The van der Waals surface area contributed by atoms with Gasteiger partial charge in [-0.1, -0.05) is 6.92 Å². The van der Waals surface area contributed by atoms with E-state index in [9.17, 15) is 0 Å². The molecule has 0 amide bonds. The highest BCUT2D eigenvalue weighted by molar-refractivity contribution is 7.99. The fourth-order valence-corrected chi connectivity index (χ4v) is 2.66. The van der Waals surface area contributed by atoms with Gasteiger partial charge in [0.1, 0.15) is 11.5 Å². The maximum absolute atomic E-state index is 5.86. The van der Waals surface area contributed by atoms with Crippen LogP contribution in [-0.4, -0.2) is 26.0 Å². The van der Waals surface area contributed by atoms with Crippen molar-refractivity contribution in [3.05, 3.63) is 17.7 Å². The summed E-state index contributed by atoms with van der Waals surface area (Å²) in [6.07, 6.45) is 1.93. The van der Waals surface area contributed by atoms with Crippen LogP contribution in [0, 0.1) is 0 Å². The third-order valence-electron chi connectivity index (χ3n) is 2.57. The molecule has 0 radical (unpaired) electrons. The predicted octanol–water partition coefficient (Wildman–Crippen LogP) is 3.52. The van der Waals surface area contributed by atoms with Crippen molar-refractivity contribution in [1.82, 2.24) is 0 Å². The van der Waals surface area contributed by atoms with Gasteiger partial charge in [0.25, 0.3) is 0 Å². The van der Waals surface area contributed by atoms with Crippen LogP contribution in [0.5, 0.6) is 11.5 Å². The van der Waals surface area contributed by atoms with Crippen LogP contribution in [0.25, 0.3) is 0 Å². The third kappa shape index (κ3) is 5.51. The minimum atomic E-state index is 0. The lowest BCUT2D eigenvalue weighted by Gasteiger charge is -2.15. The molecule has 1 unspecified atom stereocenters. The van der Waals surface area contributed by atoms with Gasteiger partial charge in [0.2, 0.25) is 0 Å². The summed E-state index contributed by atoms with van der Waals surface area (Å²) in [5.41, 5.74) is 6.96. The number of hydrogen-bond donors (Lipinski definition) is 1. The summed E-state index contributed by atoms with van der Waals surface area (Å²) in [4.78, 5) is 1.13. The number of benzene rings is 1. The molecule has 0 aliphatic carbocycles. The molecule has 1 rings (SSSR count). The number of hydrogen-bond acceptors (Lipinski definition) is 4. The van der Waals surface area contributed by atoms with Crippen molar-refractivity contribution in [1.29, 1.82) is 0 Å². The molecule has 0 aliphatic rings. The Balaban J connectivity index is 0.00000324. The van der Waals surface area contributed by atoms with Gasteiger partial charge in [0, 0.05) is 6.04 Å². The molecule has 5 heteroatoms. The van der Waals surface area contributed by atoms with Crippen molar-refractivity contribution in [3.63, 3.8) is 0 Å². The maximum atomic E-state index is 5.86. The van der Waals surface area contributed by atoms with E-state index in [4.69, 9.17) is 15.2 Å². The zero-order valence-electron chi connectivity index (χ0n) is 12.1. The van der Waals surface area contributed by atoms with Gasteiger partial charge in [-0.15, -0.1) is 24.2 Å². The molecule has 2 N–H and O–H groups in total. The molecule has 1 aromatic rings. The monoisotopic (exact) mass is 305 g/mol. The molecule has 1 aromatic carbocycles. The van der Waals surface area contributed by atoms with Crippen molar-refractivity contribution >= 4 is 24.2 Å². The Kier molecular flexibility index (Phi) is 9.06. The second kappa shape index (κ2) is 9.34. The number of rotatable bonds is 7. The highest BCUT2D eigenvalue weighted by Gasteiger charge is 2.12. The Bertz CT molecular complexity index is 386. The zero-order chi connectivity index (χ0) is 13.5. The number of ether oxygens (including phenoxy) is 2. The largest absolute Gasteiger partial charge is 0.496 e. The molecule has 0 saturated heterocycles. The van der Waals surface area contributed by atoms with Gasteiger partial charge in [0.15, 0.2) is 0 Å². The van der Waals surface area contributed by atoms with Crippen LogP contribution in [-0.2, 0) is 6.42 Å². The Morgan fingerprint density at radius 1 is 1.21 bits per heavy atom. The molecular formula is C14H24ClNO2S. The third-order valence-corrected chi connectivity index (χ3v) is 3.81. The first kappa shape index (κ1) is 18.4. The summed E-state index contributed by atoms with van der Waals surface area (Å²) in [5, 5.41) is 0. The first-order chi connectivity index (χ1) is 8.62. The van der Waals surface area contributed by atoms with Crippen molar-refractivity contribution < 1.29 is 9.47 Å². The van der Waals surface area contributed by atoms with E-state index in [-0.39, 0.29) is 18.4 Å². The standard InChI is InChI=1S/C14H23NO2S.ClH/c1-5-6-18-14-9-12(16-3)11(7-10(2)15)8-13(14)17-4;/h8-10H,5-7,15H2,1-4H3;1H. The first-order valence-electron chi connectivity index (χ1n) is 6.25. The molecular weight excluding hydrogens is 282 g/mol. The molecule has 0 saturated carbocycles. The number of thioether (sulfide) groups is 1. The molecule has 19 heavy (non-hydrogen) atoms. The van der Waals surface area contributed by atoms with E-state index in [1.54, 1.807) is 26.0 Å². The zero-order valence-corrected chi connectivity index (χ0v) is 13.7. The van der Waals surface area contributed by atoms with Gasteiger partial charge in [-0.25, -0.2) is 0 Å². The summed E-state index contributed by atoms with van der Waals surface area (Å²) in [7, 11) is 3.40. The van der Waals surface area contributed by atoms with Crippen molar-refractivity contribution in [3.8, 4) is 11.5 Å². The molecule has 1 atom stereocenters. The van der Waals surface area contributed by atoms with Gasteiger partial charge in [0.05, 0.1) is 19.1 Å². The highest BCUT2D eigenvalue weighted by Crippen LogP contribution is 2.36. The molecule has 0 bridgehead atoms. The lowest BCUT2D eigenvalue weighted by molar-refractivity contribution is 0.389. The van der Waals surface area contributed by atoms with E-state index in [1.165, 1.54) is 0 Å². The minimum Gasteiger partial charge on any atom is -0.496 e. The number of nitrogens with two attached hydrogens (primary N) is 1. The highest BCUT2D eigenvalue weighted by atomic mass is 35.5. The van der Waals surface area contributed by atoms with E-state index in [1.807, 2.05) is 13.0 Å². The van der Waals surface area contributed by atoms with Gasteiger partial charge in [-0.05, 0) is 43.2 Å². The Hall–Kier alpha value is -0.580. The van der Waals surface area contributed by atoms with Crippen LogP contribution in [0.2, 0.25) is 0 Å². The second-order valence-electron chi connectivity index (χ2n) is 4.34. The van der Waals surface area contributed by atoms with Gasteiger partial charge in [-0.2, -0.15) is 0 Å². The van der Waals surface area contributed by atoms with Crippen LogP contribution in [0.1, 0.15) is 25.8 Å². The average Bonchev–Trinajstić information content (AvgIpc) is 2.35. The van der Waals surface area contributed by atoms with E-state index < -0.39 is 0 Å². The average molecular weight is 306 g/mol. The second-order valence-corrected chi connectivity index (χ2v) is 5.48. The SMILES string of the molecule is CCCSc1cc(OC)c(CC(C)N)cc1OC.Cl. The lowest BCUT2D eigenvalue weighted by Crippen LogP contribution is -2.18. The molecule has 0 fully saturated rings. The van der Waals surface area contributed by atoms with Crippen molar-refractivity contribution in [2.75, 3.05) is 20.0 Å². The number of halogens is 1.